The third kappa shape index (κ3) is 3.94. The van der Waals surface area contributed by atoms with Gasteiger partial charge in [0.15, 0.2) is 5.58 Å². The van der Waals surface area contributed by atoms with Crippen molar-refractivity contribution in [2.45, 2.75) is 32.2 Å². The Morgan fingerprint density at radius 1 is 1.20 bits per heavy atom. The Morgan fingerprint density at radius 3 is 2.80 bits per heavy atom. The maximum absolute atomic E-state index is 12.4. The third-order valence-electron chi connectivity index (χ3n) is 5.19. The van der Waals surface area contributed by atoms with Crippen molar-refractivity contribution in [1.29, 1.82) is 0 Å². The molecular formula is C22H23N3O5. The number of benzene rings is 2. The van der Waals surface area contributed by atoms with Gasteiger partial charge in [0.05, 0.1) is 18.3 Å². The van der Waals surface area contributed by atoms with Crippen LogP contribution in [0.25, 0.3) is 11.1 Å². The number of aromatic nitrogens is 1. The molecule has 2 aromatic carbocycles. The lowest BCUT2D eigenvalue weighted by Gasteiger charge is -2.20. The predicted octanol–water partition coefficient (Wildman–Crippen LogP) is 3.15. The predicted molar refractivity (Wildman–Crippen MR) is 113 cm³/mol. The summed E-state index contributed by atoms with van der Waals surface area (Å²) in [5, 5.41) is 2.86. The van der Waals surface area contributed by atoms with Crippen molar-refractivity contribution in [2.75, 3.05) is 23.9 Å². The normalized spacial score (nSPS) is 13.8. The molecule has 0 saturated carbocycles. The Hall–Kier alpha value is -3.55. The van der Waals surface area contributed by atoms with Crippen LogP contribution in [-0.2, 0) is 16.1 Å². The number of fused-ring (bicyclic) bond motifs is 1. The molecule has 1 aliphatic rings. The Bertz CT molecular complexity index is 1150. The molecule has 1 aliphatic heterocycles. The number of methoxy groups -OCH3 is 1. The van der Waals surface area contributed by atoms with Gasteiger partial charge in [0.2, 0.25) is 11.8 Å². The van der Waals surface area contributed by atoms with Crippen LogP contribution >= 0.6 is 0 Å². The first kappa shape index (κ1) is 19.8. The zero-order chi connectivity index (χ0) is 21.1. The quantitative estimate of drug-likeness (QED) is 0.647. The fourth-order valence-electron chi connectivity index (χ4n) is 3.73. The smallest absolute Gasteiger partial charge is 0.419 e. The molecule has 3 aromatic rings. The highest BCUT2D eigenvalue weighted by atomic mass is 16.5. The van der Waals surface area contributed by atoms with Gasteiger partial charge in [0.25, 0.3) is 0 Å². The van der Waals surface area contributed by atoms with Gasteiger partial charge in [-0.2, -0.15) is 0 Å². The fraction of sp³-hybridized carbons (Fsp3) is 0.318. The van der Waals surface area contributed by atoms with E-state index >= 15 is 0 Å². The van der Waals surface area contributed by atoms with Crippen LogP contribution < -0.4 is 20.7 Å². The highest BCUT2D eigenvalue weighted by Crippen LogP contribution is 2.34. The molecule has 2 amide bonds. The first-order valence-corrected chi connectivity index (χ1v) is 9.93. The molecule has 8 heteroatoms. The monoisotopic (exact) mass is 409 g/mol. The first-order chi connectivity index (χ1) is 14.6. The number of para-hydroxylation sites is 2. The SMILES string of the molecule is COc1ccc(NC(=O)CCCn2c(=O)oc3ccccc32)cc1N1CCCC1=O. The zero-order valence-electron chi connectivity index (χ0n) is 16.7. The van der Waals surface area contributed by atoms with Crippen molar-refractivity contribution in [3.8, 4) is 5.75 Å². The maximum Gasteiger partial charge on any atom is 0.419 e. The van der Waals surface area contributed by atoms with Gasteiger partial charge in [0, 0.05) is 31.6 Å². The van der Waals surface area contributed by atoms with E-state index in [2.05, 4.69) is 5.32 Å². The van der Waals surface area contributed by atoms with E-state index in [1.54, 1.807) is 36.3 Å². The summed E-state index contributed by atoms with van der Waals surface area (Å²) < 4.78 is 12.1. The van der Waals surface area contributed by atoms with Gasteiger partial charge >= 0.3 is 5.76 Å². The number of oxazole rings is 1. The topological polar surface area (TPSA) is 93.8 Å². The number of hydrogen-bond acceptors (Lipinski definition) is 5. The van der Waals surface area contributed by atoms with Crippen molar-refractivity contribution in [3.05, 3.63) is 53.0 Å². The number of hydrogen-bond donors (Lipinski definition) is 1. The van der Waals surface area contributed by atoms with E-state index < -0.39 is 5.76 Å². The number of aryl methyl sites for hydroxylation is 1. The second-order valence-corrected chi connectivity index (χ2v) is 7.17. The van der Waals surface area contributed by atoms with Gasteiger partial charge in [0.1, 0.15) is 5.75 Å². The van der Waals surface area contributed by atoms with Crippen LogP contribution in [0.3, 0.4) is 0 Å². The maximum atomic E-state index is 12.4. The molecule has 4 rings (SSSR count). The van der Waals surface area contributed by atoms with Crippen molar-refractivity contribution in [2.24, 2.45) is 0 Å². The summed E-state index contributed by atoms with van der Waals surface area (Å²) in [4.78, 5) is 38.2. The van der Waals surface area contributed by atoms with Crippen molar-refractivity contribution in [1.82, 2.24) is 4.57 Å². The van der Waals surface area contributed by atoms with Crippen molar-refractivity contribution in [3.63, 3.8) is 0 Å². The van der Waals surface area contributed by atoms with Crippen LogP contribution in [0.15, 0.2) is 51.7 Å². The zero-order valence-corrected chi connectivity index (χ0v) is 16.7. The van der Waals surface area contributed by atoms with E-state index in [9.17, 15) is 14.4 Å². The van der Waals surface area contributed by atoms with E-state index in [-0.39, 0.29) is 18.2 Å². The molecule has 0 atom stereocenters. The molecule has 0 unspecified atom stereocenters. The third-order valence-corrected chi connectivity index (χ3v) is 5.19. The van der Waals surface area contributed by atoms with Gasteiger partial charge in [-0.15, -0.1) is 0 Å². The highest BCUT2D eigenvalue weighted by Gasteiger charge is 2.24. The van der Waals surface area contributed by atoms with Crippen LogP contribution in [0.1, 0.15) is 25.7 Å². The Kier molecular flexibility index (Phi) is 5.56. The molecular weight excluding hydrogens is 386 g/mol. The molecule has 156 valence electrons. The van der Waals surface area contributed by atoms with Crippen molar-refractivity contribution < 1.29 is 18.7 Å². The highest BCUT2D eigenvalue weighted by molar-refractivity contribution is 5.98. The van der Waals surface area contributed by atoms with Crippen LogP contribution in [0.4, 0.5) is 11.4 Å². The Balaban J connectivity index is 1.40. The number of nitrogens with zero attached hydrogens (tertiary/aromatic N) is 2. The summed E-state index contributed by atoms with van der Waals surface area (Å²) >= 11 is 0. The number of ether oxygens (including phenoxy) is 1. The fourth-order valence-corrected chi connectivity index (χ4v) is 3.73. The lowest BCUT2D eigenvalue weighted by Crippen LogP contribution is -2.24. The number of nitrogens with one attached hydrogen (secondary N) is 1. The summed E-state index contributed by atoms with van der Waals surface area (Å²) in [5.41, 5.74) is 2.52. The van der Waals surface area contributed by atoms with E-state index in [0.29, 0.717) is 48.6 Å². The van der Waals surface area contributed by atoms with Gasteiger partial charge in [-0.3, -0.25) is 14.2 Å². The summed E-state index contributed by atoms with van der Waals surface area (Å²) in [6, 6.07) is 12.5. The summed E-state index contributed by atoms with van der Waals surface area (Å²) in [6.45, 7) is 1.03. The molecule has 8 nitrogen and oxygen atoms in total. The molecule has 0 spiro atoms. The molecule has 1 N–H and O–H groups in total. The first-order valence-electron chi connectivity index (χ1n) is 9.93. The second-order valence-electron chi connectivity index (χ2n) is 7.17. The van der Waals surface area contributed by atoms with E-state index in [1.807, 2.05) is 18.2 Å². The molecule has 1 saturated heterocycles. The standard InChI is InChI=1S/C22H23N3O5/c1-29-18-11-10-15(14-17(18)24-12-5-9-21(24)27)23-20(26)8-4-13-25-16-6-2-3-7-19(16)30-22(25)28/h2-3,6-7,10-11,14H,4-5,8-9,12-13H2,1H3,(H,23,26). The second kappa shape index (κ2) is 8.44. The lowest BCUT2D eigenvalue weighted by molar-refractivity contribution is -0.117. The largest absolute Gasteiger partial charge is 0.495 e. The van der Waals surface area contributed by atoms with E-state index in [0.717, 1.165) is 11.9 Å². The number of rotatable bonds is 7. The van der Waals surface area contributed by atoms with Crippen molar-refractivity contribution >= 4 is 34.3 Å². The number of carbonyl (C=O) groups excluding carboxylic acids is 2. The lowest BCUT2D eigenvalue weighted by atomic mass is 10.2. The summed E-state index contributed by atoms with van der Waals surface area (Å²) in [7, 11) is 1.55. The Morgan fingerprint density at radius 2 is 2.03 bits per heavy atom. The minimum Gasteiger partial charge on any atom is -0.495 e. The summed E-state index contributed by atoms with van der Waals surface area (Å²) in [5.74, 6) is 0.0513. The van der Waals surface area contributed by atoms with E-state index in [1.165, 1.54) is 4.57 Å². The van der Waals surface area contributed by atoms with Crippen LogP contribution in [0.5, 0.6) is 5.75 Å². The van der Waals surface area contributed by atoms with Gasteiger partial charge < -0.3 is 19.4 Å². The molecule has 1 fully saturated rings. The molecule has 0 aliphatic carbocycles. The number of amides is 2. The van der Waals surface area contributed by atoms with Crippen LogP contribution in [0, 0.1) is 0 Å². The van der Waals surface area contributed by atoms with Crippen LogP contribution in [-0.4, -0.2) is 30.0 Å². The molecule has 1 aromatic heterocycles. The van der Waals surface area contributed by atoms with Gasteiger partial charge in [-0.25, -0.2) is 4.79 Å². The molecule has 0 bridgehead atoms. The average Bonchev–Trinajstić information content (AvgIpc) is 3.30. The van der Waals surface area contributed by atoms with Crippen LogP contribution in [0.2, 0.25) is 0 Å². The minimum atomic E-state index is -0.424. The van der Waals surface area contributed by atoms with Gasteiger partial charge in [-0.05, 0) is 43.2 Å². The van der Waals surface area contributed by atoms with E-state index in [4.69, 9.17) is 9.15 Å². The Labute approximate surface area is 173 Å². The molecule has 0 radical (unpaired) electrons. The number of carbonyl (C=O) groups is 2. The average molecular weight is 409 g/mol. The molecule has 30 heavy (non-hydrogen) atoms. The number of anilines is 2. The molecule has 2 heterocycles. The minimum absolute atomic E-state index is 0.0505. The summed E-state index contributed by atoms with van der Waals surface area (Å²) in [6.07, 6.45) is 2.06. The van der Waals surface area contributed by atoms with Gasteiger partial charge in [-0.1, -0.05) is 12.1 Å².